The van der Waals surface area contributed by atoms with Crippen LogP contribution in [0.4, 0.5) is 5.69 Å². The number of esters is 1. The average Bonchev–Trinajstić information content (AvgIpc) is 2.86. The van der Waals surface area contributed by atoms with E-state index >= 15 is 0 Å². The highest BCUT2D eigenvalue weighted by Crippen LogP contribution is 2.51. The number of nitrogens with zero attached hydrogens (tertiary/aromatic N) is 1. The van der Waals surface area contributed by atoms with Crippen molar-refractivity contribution in [3.8, 4) is 5.75 Å². The fourth-order valence-electron chi connectivity index (χ4n) is 6.21. The number of carbonyl (C=O) groups excluding carboxylic acids is 7. The minimum absolute atomic E-state index is 0.0589. The van der Waals surface area contributed by atoms with Crippen molar-refractivity contribution < 1.29 is 48.5 Å². The molecule has 6 unspecified atom stereocenters. The number of ketones is 4. The van der Waals surface area contributed by atoms with Gasteiger partial charge in [-0.05, 0) is 44.5 Å². The molecule has 2 saturated carbocycles. The fourth-order valence-corrected chi connectivity index (χ4v) is 6.21. The molecule has 13 heteroatoms. The van der Waals surface area contributed by atoms with Gasteiger partial charge in [-0.25, -0.2) is 0 Å². The zero-order valence-corrected chi connectivity index (χ0v) is 21.6. The number of phenols is 1. The second-order valence-corrected chi connectivity index (χ2v) is 10.4. The van der Waals surface area contributed by atoms with Crippen molar-refractivity contribution in [3.05, 3.63) is 23.3 Å². The van der Waals surface area contributed by atoms with Gasteiger partial charge in [0.25, 0.3) is 0 Å². The van der Waals surface area contributed by atoms with E-state index in [2.05, 4.69) is 10.1 Å². The van der Waals surface area contributed by atoms with E-state index in [1.54, 1.807) is 0 Å². The Morgan fingerprint density at radius 2 is 1.79 bits per heavy atom. The largest absolute Gasteiger partial charge is 0.505 e. The molecule has 1 aromatic rings. The topological polar surface area (TPSA) is 210 Å². The lowest BCUT2D eigenvalue weighted by Gasteiger charge is -2.52. The van der Waals surface area contributed by atoms with Gasteiger partial charge >= 0.3 is 5.97 Å². The van der Waals surface area contributed by atoms with Crippen LogP contribution in [0.1, 0.15) is 35.2 Å². The zero-order chi connectivity index (χ0) is 29.0. The molecular formula is C26H29N3O10. The quantitative estimate of drug-likeness (QED) is 0.189. The number of aromatic hydroxyl groups is 1. The summed E-state index contributed by atoms with van der Waals surface area (Å²) in [6.45, 7) is 0. The van der Waals surface area contributed by atoms with E-state index in [1.165, 1.54) is 38.2 Å². The van der Waals surface area contributed by atoms with Crippen LogP contribution < -0.4 is 11.1 Å². The Hall–Kier alpha value is -3.97. The molecule has 0 aliphatic heterocycles. The summed E-state index contributed by atoms with van der Waals surface area (Å²) in [5, 5.41) is 24.9. The second kappa shape index (κ2) is 9.97. The smallest absolute Gasteiger partial charge is 0.306 e. The van der Waals surface area contributed by atoms with E-state index in [9.17, 15) is 43.8 Å². The van der Waals surface area contributed by atoms with Crippen molar-refractivity contribution in [1.29, 1.82) is 0 Å². The number of hydrogen-bond acceptors (Lipinski definition) is 11. The molecular weight excluding hydrogens is 514 g/mol. The maximum Gasteiger partial charge on any atom is 0.306 e. The summed E-state index contributed by atoms with van der Waals surface area (Å²) >= 11 is 0. The van der Waals surface area contributed by atoms with Crippen LogP contribution in [0.25, 0.3) is 0 Å². The molecule has 13 nitrogen and oxygen atoms in total. The summed E-state index contributed by atoms with van der Waals surface area (Å²) < 4.78 is 4.49. The van der Waals surface area contributed by atoms with E-state index in [0.717, 1.165) is 0 Å². The number of phenolic OH excluding ortho intramolecular Hbond substituents is 1. The standard InChI is InChI=1S/C26H29N3O10/c1-29(2)19-12-9-11-8-10-4-5-13(28-14(30)6-7-15(31)39-3)20(32)16(10)21(33)17(11)23(35)26(12,38)24(36)18(22(19)34)25(27)37/h4-5,11-12,17-19,32,38H,6-9H2,1-3H3,(H2,27,37)(H,28,30). The number of likely N-dealkylation sites (N-methyl/N-ethyl adjacent to an activating group) is 1. The SMILES string of the molecule is COC(=O)CCC(=O)Nc1ccc2c(c1O)C(=O)C1C(=O)C3(O)C(=O)C(C(N)=O)C(=O)C(N(C)C)C3CC1C2. The molecule has 0 bridgehead atoms. The molecule has 2 amide bonds. The molecule has 5 N–H and O–H groups in total. The summed E-state index contributed by atoms with van der Waals surface area (Å²) in [6.07, 6.45) is -0.405. The number of fused-ring (bicyclic) bond motifs is 3. The minimum atomic E-state index is -2.81. The van der Waals surface area contributed by atoms with Crippen molar-refractivity contribution in [3.63, 3.8) is 0 Å². The molecule has 1 aromatic carbocycles. The summed E-state index contributed by atoms with van der Waals surface area (Å²) in [6, 6.07) is 1.71. The lowest BCUT2D eigenvalue weighted by molar-refractivity contribution is -0.181. The first-order valence-corrected chi connectivity index (χ1v) is 12.3. The van der Waals surface area contributed by atoms with E-state index < -0.39 is 82.0 Å². The Morgan fingerprint density at radius 1 is 1.13 bits per heavy atom. The van der Waals surface area contributed by atoms with Crippen LogP contribution in [0, 0.1) is 23.7 Å². The Balaban J connectivity index is 1.71. The van der Waals surface area contributed by atoms with Crippen LogP contribution in [0.2, 0.25) is 0 Å². The number of amides is 2. The van der Waals surface area contributed by atoms with Gasteiger partial charge in [-0.1, -0.05) is 6.07 Å². The van der Waals surface area contributed by atoms with Crippen molar-refractivity contribution >= 4 is 46.6 Å². The molecule has 0 saturated heterocycles. The van der Waals surface area contributed by atoms with Crippen LogP contribution in [0.3, 0.4) is 0 Å². The monoisotopic (exact) mass is 543 g/mol. The molecule has 0 radical (unpaired) electrons. The number of anilines is 1. The Morgan fingerprint density at radius 3 is 2.38 bits per heavy atom. The Bertz CT molecular complexity index is 1320. The zero-order valence-electron chi connectivity index (χ0n) is 21.6. The minimum Gasteiger partial charge on any atom is -0.505 e. The molecule has 39 heavy (non-hydrogen) atoms. The molecule has 0 spiro atoms. The van der Waals surface area contributed by atoms with Gasteiger partial charge in [0.2, 0.25) is 11.8 Å². The first-order valence-electron chi connectivity index (χ1n) is 12.3. The van der Waals surface area contributed by atoms with E-state index in [0.29, 0.717) is 5.56 Å². The van der Waals surface area contributed by atoms with Crippen LogP contribution in [-0.2, 0) is 39.9 Å². The number of rotatable bonds is 6. The first-order chi connectivity index (χ1) is 18.2. The molecule has 2 fully saturated rings. The number of primary amides is 1. The fraction of sp³-hybridized carbons (Fsp3) is 0.500. The van der Waals surface area contributed by atoms with Gasteiger partial charge in [-0.2, -0.15) is 0 Å². The van der Waals surface area contributed by atoms with E-state index in [4.69, 9.17) is 5.73 Å². The number of hydrogen-bond donors (Lipinski definition) is 4. The Labute approximate surface area is 222 Å². The van der Waals surface area contributed by atoms with Gasteiger partial charge < -0.3 is 26.0 Å². The van der Waals surface area contributed by atoms with Crippen LogP contribution in [0.15, 0.2) is 12.1 Å². The second-order valence-electron chi connectivity index (χ2n) is 10.4. The van der Waals surface area contributed by atoms with Crippen molar-refractivity contribution in [2.24, 2.45) is 29.4 Å². The van der Waals surface area contributed by atoms with Gasteiger partial charge in [0.1, 0.15) is 5.75 Å². The maximum absolute atomic E-state index is 13.8. The van der Waals surface area contributed by atoms with Crippen molar-refractivity contribution in [1.82, 2.24) is 4.90 Å². The molecule has 0 heterocycles. The lowest BCUT2D eigenvalue weighted by atomic mass is 9.52. The molecule has 6 atom stereocenters. The summed E-state index contributed by atoms with van der Waals surface area (Å²) in [4.78, 5) is 90.7. The predicted molar refractivity (Wildman–Crippen MR) is 131 cm³/mol. The summed E-state index contributed by atoms with van der Waals surface area (Å²) in [5.74, 6) is -12.8. The third-order valence-corrected chi connectivity index (χ3v) is 7.99. The number of ether oxygens (including phenoxy) is 1. The highest BCUT2D eigenvalue weighted by molar-refractivity contribution is 6.32. The number of aliphatic hydroxyl groups is 1. The number of benzene rings is 1. The van der Waals surface area contributed by atoms with Crippen molar-refractivity contribution in [2.75, 3.05) is 26.5 Å². The molecule has 208 valence electrons. The van der Waals surface area contributed by atoms with E-state index in [-0.39, 0.29) is 36.9 Å². The van der Waals surface area contributed by atoms with Crippen LogP contribution >= 0.6 is 0 Å². The number of nitrogens with one attached hydrogen (secondary N) is 1. The third-order valence-electron chi connectivity index (χ3n) is 7.99. The highest BCUT2D eigenvalue weighted by atomic mass is 16.5. The number of methoxy groups -OCH3 is 1. The third kappa shape index (κ3) is 4.31. The van der Waals surface area contributed by atoms with Crippen LogP contribution in [0.5, 0.6) is 5.75 Å². The summed E-state index contributed by atoms with van der Waals surface area (Å²) in [7, 11) is 4.19. The molecule has 0 aromatic heterocycles. The average molecular weight is 544 g/mol. The number of carbonyl (C=O) groups is 7. The van der Waals surface area contributed by atoms with Gasteiger partial charge in [-0.15, -0.1) is 0 Å². The number of nitrogens with two attached hydrogens (primary N) is 1. The Kier molecular flexibility index (Phi) is 7.17. The highest BCUT2D eigenvalue weighted by Gasteiger charge is 2.69. The summed E-state index contributed by atoms with van der Waals surface area (Å²) in [5.41, 5.74) is 2.50. The predicted octanol–water partition coefficient (Wildman–Crippen LogP) is -1.24. The van der Waals surface area contributed by atoms with Gasteiger partial charge in [0, 0.05) is 12.3 Å². The lowest BCUT2D eigenvalue weighted by Crippen LogP contribution is -2.74. The van der Waals surface area contributed by atoms with Crippen molar-refractivity contribution in [2.45, 2.75) is 37.3 Å². The first kappa shape index (κ1) is 28.0. The molecule has 3 aliphatic carbocycles. The van der Waals surface area contributed by atoms with Gasteiger partial charge in [-0.3, -0.25) is 38.5 Å². The number of Topliss-reactive ketones (excluding diaryl/α,β-unsaturated/α-hetero) is 4. The van der Waals surface area contributed by atoms with Gasteiger partial charge in [0.05, 0.1) is 36.7 Å². The molecule has 3 aliphatic rings. The maximum atomic E-state index is 13.8. The van der Waals surface area contributed by atoms with Crippen LogP contribution in [-0.4, -0.2) is 88.9 Å². The normalized spacial score (nSPS) is 29.8. The van der Waals surface area contributed by atoms with Gasteiger partial charge in [0.15, 0.2) is 34.7 Å². The van der Waals surface area contributed by atoms with E-state index in [1.807, 2.05) is 0 Å². The molecule has 4 rings (SSSR count).